The zero-order valence-corrected chi connectivity index (χ0v) is 10.7. The fraction of sp³-hybridized carbons (Fsp3) is 0.462. The highest BCUT2D eigenvalue weighted by Crippen LogP contribution is 2.23. The van der Waals surface area contributed by atoms with Crippen molar-refractivity contribution in [2.24, 2.45) is 0 Å². The summed E-state index contributed by atoms with van der Waals surface area (Å²) in [5, 5.41) is 11.5. The van der Waals surface area contributed by atoms with Crippen molar-refractivity contribution in [1.29, 1.82) is 0 Å². The molecule has 1 aromatic rings. The second kappa shape index (κ2) is 5.36. The van der Waals surface area contributed by atoms with Gasteiger partial charge in [-0.2, -0.15) is 0 Å². The maximum absolute atomic E-state index is 11.8. The molecule has 6 heteroatoms. The Hall–Kier alpha value is -1.95. The van der Waals surface area contributed by atoms with E-state index in [2.05, 4.69) is 10.3 Å². The normalized spacial score (nSPS) is 22.2. The van der Waals surface area contributed by atoms with Gasteiger partial charge >= 0.3 is 5.97 Å². The maximum atomic E-state index is 11.8. The van der Waals surface area contributed by atoms with Crippen molar-refractivity contribution >= 4 is 11.9 Å². The molecule has 1 aliphatic heterocycles. The number of carboxylic acid groups (broad SMARTS) is 1. The lowest BCUT2D eigenvalue weighted by molar-refractivity contribution is 0.0205. The lowest BCUT2D eigenvalue weighted by Crippen LogP contribution is -2.40. The molecule has 1 fully saturated rings. The third-order valence-electron chi connectivity index (χ3n) is 3.17. The second-order valence-electron chi connectivity index (χ2n) is 4.82. The summed E-state index contributed by atoms with van der Waals surface area (Å²) in [7, 11) is 0. The van der Waals surface area contributed by atoms with Crippen molar-refractivity contribution in [2.75, 3.05) is 13.2 Å². The second-order valence-corrected chi connectivity index (χ2v) is 4.82. The third-order valence-corrected chi connectivity index (χ3v) is 3.17. The summed E-state index contributed by atoms with van der Waals surface area (Å²) in [4.78, 5) is 26.3. The van der Waals surface area contributed by atoms with Crippen molar-refractivity contribution in [3.63, 3.8) is 0 Å². The number of pyridine rings is 1. The molecule has 1 saturated heterocycles. The van der Waals surface area contributed by atoms with Crippen LogP contribution < -0.4 is 5.32 Å². The van der Waals surface area contributed by atoms with Crippen LogP contribution in [0.3, 0.4) is 0 Å². The van der Waals surface area contributed by atoms with E-state index in [4.69, 9.17) is 9.84 Å². The van der Waals surface area contributed by atoms with Gasteiger partial charge in [-0.25, -0.2) is 4.79 Å². The van der Waals surface area contributed by atoms with Crippen LogP contribution in [-0.2, 0) is 4.74 Å². The van der Waals surface area contributed by atoms with Crippen molar-refractivity contribution in [1.82, 2.24) is 10.3 Å². The number of hydrogen-bond acceptors (Lipinski definition) is 4. The van der Waals surface area contributed by atoms with Gasteiger partial charge in [0.15, 0.2) is 0 Å². The molecule has 19 heavy (non-hydrogen) atoms. The summed E-state index contributed by atoms with van der Waals surface area (Å²) < 4.78 is 5.56. The van der Waals surface area contributed by atoms with E-state index in [-0.39, 0.29) is 22.8 Å². The first-order valence-corrected chi connectivity index (χ1v) is 6.12. The molecule has 0 aliphatic carbocycles. The van der Waals surface area contributed by atoms with Crippen LogP contribution >= 0.6 is 0 Å². The summed E-state index contributed by atoms with van der Waals surface area (Å²) in [6, 6.07) is 2.76. The summed E-state index contributed by atoms with van der Waals surface area (Å²) in [6.45, 7) is 3.10. The van der Waals surface area contributed by atoms with Crippen LogP contribution in [0.25, 0.3) is 0 Å². The van der Waals surface area contributed by atoms with Gasteiger partial charge in [0.25, 0.3) is 5.91 Å². The minimum Gasteiger partial charge on any atom is -0.478 e. The average molecular weight is 264 g/mol. The van der Waals surface area contributed by atoms with Crippen LogP contribution in [0.15, 0.2) is 18.3 Å². The van der Waals surface area contributed by atoms with Crippen LogP contribution in [-0.4, -0.2) is 40.7 Å². The number of carboxylic acids is 1. The molecule has 1 amide bonds. The summed E-state index contributed by atoms with van der Waals surface area (Å²) in [5.74, 6) is -1.39. The van der Waals surface area contributed by atoms with E-state index in [0.29, 0.717) is 6.54 Å². The fourth-order valence-corrected chi connectivity index (χ4v) is 1.99. The smallest absolute Gasteiger partial charge is 0.337 e. The Morgan fingerprint density at radius 2 is 2.32 bits per heavy atom. The third kappa shape index (κ3) is 3.29. The predicted octanol–water partition coefficient (Wildman–Crippen LogP) is 1.08. The number of ether oxygens (including phenoxy) is 1. The number of amides is 1. The Morgan fingerprint density at radius 3 is 2.84 bits per heavy atom. The quantitative estimate of drug-likeness (QED) is 0.849. The molecular weight excluding hydrogens is 248 g/mol. The molecule has 6 nitrogen and oxygen atoms in total. The standard InChI is InChI=1S/C13H16N2O4/c1-13(5-2-6-19-13)8-15-11(16)10-4-3-9(7-14-10)12(17)18/h3-4,7H,2,5-6,8H2,1H3,(H,15,16)(H,17,18). The largest absolute Gasteiger partial charge is 0.478 e. The topological polar surface area (TPSA) is 88.5 Å². The number of carbonyl (C=O) groups excluding carboxylic acids is 1. The molecule has 1 aromatic heterocycles. The number of hydrogen-bond donors (Lipinski definition) is 2. The molecular formula is C13H16N2O4. The van der Waals surface area contributed by atoms with Crippen LogP contribution in [0.4, 0.5) is 0 Å². The van der Waals surface area contributed by atoms with Crippen LogP contribution in [0.2, 0.25) is 0 Å². The first-order chi connectivity index (χ1) is 9.00. The molecule has 2 heterocycles. The molecule has 1 aliphatic rings. The number of carbonyl (C=O) groups is 2. The van der Waals surface area contributed by atoms with Gasteiger partial charge in [0.1, 0.15) is 5.69 Å². The molecule has 2 rings (SSSR count). The highest BCUT2D eigenvalue weighted by Gasteiger charge is 2.30. The van der Waals surface area contributed by atoms with E-state index in [9.17, 15) is 9.59 Å². The minimum atomic E-state index is -1.06. The highest BCUT2D eigenvalue weighted by atomic mass is 16.5. The zero-order valence-electron chi connectivity index (χ0n) is 10.7. The van der Waals surface area contributed by atoms with Crippen LogP contribution in [0.5, 0.6) is 0 Å². The Kier molecular flexibility index (Phi) is 3.80. The lowest BCUT2D eigenvalue weighted by Gasteiger charge is -2.23. The Bertz CT molecular complexity index is 478. The molecule has 2 N–H and O–H groups in total. The number of nitrogens with one attached hydrogen (secondary N) is 1. The minimum absolute atomic E-state index is 0.0580. The Morgan fingerprint density at radius 1 is 1.53 bits per heavy atom. The van der Waals surface area contributed by atoms with Gasteiger partial charge in [0.05, 0.1) is 11.2 Å². The molecule has 0 spiro atoms. The Balaban J connectivity index is 1.94. The SMILES string of the molecule is CC1(CNC(=O)c2ccc(C(=O)O)cn2)CCCO1. The maximum Gasteiger partial charge on any atom is 0.337 e. The number of nitrogens with zero attached hydrogens (tertiary/aromatic N) is 1. The van der Waals surface area contributed by atoms with E-state index in [1.54, 1.807) is 0 Å². The van der Waals surface area contributed by atoms with Gasteiger partial charge < -0.3 is 15.2 Å². The summed E-state index contributed by atoms with van der Waals surface area (Å²) in [5.41, 5.74) is -0.0503. The van der Waals surface area contributed by atoms with Gasteiger partial charge in [0, 0.05) is 19.3 Å². The van der Waals surface area contributed by atoms with E-state index in [1.165, 1.54) is 18.3 Å². The first kappa shape index (κ1) is 13.5. The van der Waals surface area contributed by atoms with Crippen molar-refractivity contribution in [2.45, 2.75) is 25.4 Å². The van der Waals surface area contributed by atoms with Crippen LogP contribution in [0, 0.1) is 0 Å². The molecule has 1 unspecified atom stereocenters. The van der Waals surface area contributed by atoms with E-state index >= 15 is 0 Å². The molecule has 1 atom stereocenters. The van der Waals surface area contributed by atoms with Gasteiger partial charge in [-0.15, -0.1) is 0 Å². The number of aromatic carboxylic acids is 1. The summed E-state index contributed by atoms with van der Waals surface area (Å²) >= 11 is 0. The number of aromatic nitrogens is 1. The number of rotatable bonds is 4. The van der Waals surface area contributed by atoms with Crippen LogP contribution in [0.1, 0.15) is 40.6 Å². The van der Waals surface area contributed by atoms with Crippen molar-refractivity contribution in [3.8, 4) is 0 Å². The van der Waals surface area contributed by atoms with E-state index in [0.717, 1.165) is 19.4 Å². The molecule has 0 aromatic carbocycles. The van der Waals surface area contributed by atoms with Gasteiger partial charge in [-0.05, 0) is 31.9 Å². The van der Waals surface area contributed by atoms with Gasteiger partial charge in [0.2, 0.25) is 0 Å². The molecule has 0 radical (unpaired) electrons. The van der Waals surface area contributed by atoms with E-state index in [1.807, 2.05) is 6.92 Å². The Labute approximate surface area is 110 Å². The first-order valence-electron chi connectivity index (χ1n) is 6.12. The van der Waals surface area contributed by atoms with Crippen molar-refractivity contribution < 1.29 is 19.4 Å². The monoisotopic (exact) mass is 264 g/mol. The predicted molar refractivity (Wildman–Crippen MR) is 67.1 cm³/mol. The lowest BCUT2D eigenvalue weighted by atomic mass is 10.0. The van der Waals surface area contributed by atoms with Gasteiger partial charge in [-0.3, -0.25) is 9.78 Å². The molecule has 0 bridgehead atoms. The average Bonchev–Trinajstić information content (AvgIpc) is 2.83. The molecule has 0 saturated carbocycles. The zero-order chi connectivity index (χ0) is 13.9. The van der Waals surface area contributed by atoms with Crippen molar-refractivity contribution in [3.05, 3.63) is 29.6 Å². The fourth-order valence-electron chi connectivity index (χ4n) is 1.99. The molecule has 102 valence electrons. The summed E-state index contributed by atoms with van der Waals surface area (Å²) in [6.07, 6.45) is 3.08. The highest BCUT2D eigenvalue weighted by molar-refractivity contribution is 5.93. The van der Waals surface area contributed by atoms with E-state index < -0.39 is 5.97 Å². The van der Waals surface area contributed by atoms with Gasteiger partial charge in [-0.1, -0.05) is 0 Å².